The number of carbonyl (C=O) groups excluding carboxylic acids is 2. The molecule has 1 aliphatic rings. The number of quaternary nitrogens is 1. The fourth-order valence-corrected chi connectivity index (χ4v) is 3.86. The van der Waals surface area contributed by atoms with Gasteiger partial charge < -0.3 is 15.0 Å². The van der Waals surface area contributed by atoms with Gasteiger partial charge in [0, 0.05) is 0 Å². The Labute approximate surface area is 166 Å². The van der Waals surface area contributed by atoms with Crippen molar-refractivity contribution in [3.05, 3.63) is 71.8 Å². The minimum atomic E-state index is -0.181. The summed E-state index contributed by atoms with van der Waals surface area (Å²) in [6, 6.07) is 19.8. The molecular formula is C23H29N2O3+. The molecule has 1 fully saturated rings. The van der Waals surface area contributed by atoms with Crippen LogP contribution in [0, 0.1) is 5.92 Å². The van der Waals surface area contributed by atoms with Crippen LogP contribution < -0.4 is 10.2 Å². The molecule has 2 N–H and O–H groups in total. The average Bonchev–Trinajstić information content (AvgIpc) is 2.73. The number of esters is 1. The van der Waals surface area contributed by atoms with Gasteiger partial charge in [-0.15, -0.1) is 0 Å². The van der Waals surface area contributed by atoms with Crippen LogP contribution in [0.3, 0.4) is 0 Å². The number of nitrogens with one attached hydrogen (secondary N) is 2. The van der Waals surface area contributed by atoms with Crippen molar-refractivity contribution >= 4 is 11.9 Å². The Kier molecular flexibility index (Phi) is 7.20. The molecule has 0 aromatic heterocycles. The molecule has 1 unspecified atom stereocenters. The normalized spacial score (nSPS) is 19.2. The minimum Gasteiger partial charge on any atom is -0.466 e. The topological polar surface area (TPSA) is 59.8 Å². The zero-order valence-electron chi connectivity index (χ0n) is 16.4. The van der Waals surface area contributed by atoms with Crippen LogP contribution >= 0.6 is 0 Å². The van der Waals surface area contributed by atoms with Gasteiger partial charge in [-0.3, -0.25) is 9.59 Å². The summed E-state index contributed by atoms with van der Waals surface area (Å²) in [4.78, 5) is 26.0. The van der Waals surface area contributed by atoms with Crippen LogP contribution in [0.25, 0.3) is 0 Å². The molecule has 0 aliphatic carbocycles. The molecule has 0 bridgehead atoms. The van der Waals surface area contributed by atoms with E-state index in [1.165, 1.54) is 0 Å². The van der Waals surface area contributed by atoms with Crippen molar-refractivity contribution in [2.75, 3.05) is 26.2 Å². The number of amides is 1. The Morgan fingerprint density at radius 2 is 1.68 bits per heavy atom. The molecule has 1 amide bonds. The summed E-state index contributed by atoms with van der Waals surface area (Å²) in [5, 5.41) is 3.19. The first-order valence-electron chi connectivity index (χ1n) is 10.1. The van der Waals surface area contributed by atoms with Crippen molar-refractivity contribution in [3.63, 3.8) is 0 Å². The summed E-state index contributed by atoms with van der Waals surface area (Å²) >= 11 is 0. The lowest BCUT2D eigenvalue weighted by atomic mass is 9.97. The Hall–Kier alpha value is -2.66. The molecule has 1 heterocycles. The van der Waals surface area contributed by atoms with Gasteiger partial charge in [0.25, 0.3) is 5.91 Å². The van der Waals surface area contributed by atoms with Crippen LogP contribution in [0.1, 0.15) is 36.9 Å². The van der Waals surface area contributed by atoms with Crippen molar-refractivity contribution in [1.29, 1.82) is 0 Å². The zero-order chi connectivity index (χ0) is 19.8. The number of carbonyl (C=O) groups is 2. The standard InChI is InChI=1S/C23H28N2O3/c1-2-28-23(27)20-14-9-15-25(16-20)17-21(26)24-22(18-10-5-3-6-11-18)19-12-7-4-8-13-19/h3-8,10-13,20,22H,2,9,14-17H2,1H3,(H,24,26)/p+1/t20-/m0/s1. The number of hydrogen-bond donors (Lipinski definition) is 2. The molecule has 148 valence electrons. The Balaban J connectivity index is 1.65. The lowest BCUT2D eigenvalue weighted by Gasteiger charge is -2.29. The van der Waals surface area contributed by atoms with Gasteiger partial charge in [0.2, 0.25) is 0 Å². The highest BCUT2D eigenvalue weighted by Gasteiger charge is 2.31. The molecular weight excluding hydrogens is 352 g/mol. The molecule has 0 radical (unpaired) electrons. The van der Waals surface area contributed by atoms with Crippen LogP contribution in [0.5, 0.6) is 0 Å². The second-order valence-corrected chi connectivity index (χ2v) is 7.29. The van der Waals surface area contributed by atoms with Crippen molar-refractivity contribution in [1.82, 2.24) is 5.32 Å². The zero-order valence-corrected chi connectivity index (χ0v) is 16.4. The van der Waals surface area contributed by atoms with E-state index in [2.05, 4.69) is 5.32 Å². The summed E-state index contributed by atoms with van der Waals surface area (Å²) in [6.45, 7) is 4.16. The third-order valence-electron chi connectivity index (χ3n) is 5.22. The number of rotatable bonds is 7. The van der Waals surface area contributed by atoms with E-state index in [9.17, 15) is 9.59 Å². The smallest absolute Gasteiger partial charge is 0.314 e. The van der Waals surface area contributed by atoms with Gasteiger partial charge in [-0.2, -0.15) is 0 Å². The summed E-state index contributed by atoms with van der Waals surface area (Å²) in [5.74, 6) is -0.237. The highest BCUT2D eigenvalue weighted by molar-refractivity contribution is 5.78. The van der Waals surface area contributed by atoms with Crippen LogP contribution in [-0.2, 0) is 14.3 Å². The minimum absolute atomic E-state index is 0.00258. The average molecular weight is 381 g/mol. The van der Waals surface area contributed by atoms with Gasteiger partial charge in [-0.1, -0.05) is 60.7 Å². The van der Waals surface area contributed by atoms with Gasteiger partial charge >= 0.3 is 5.97 Å². The molecule has 0 spiro atoms. The molecule has 2 atom stereocenters. The van der Waals surface area contributed by atoms with Crippen molar-refractivity contribution in [3.8, 4) is 0 Å². The van der Waals surface area contributed by atoms with Crippen LogP contribution in [0.15, 0.2) is 60.7 Å². The molecule has 2 aromatic rings. The number of piperidine rings is 1. The third kappa shape index (κ3) is 5.42. The summed E-state index contributed by atoms with van der Waals surface area (Å²) < 4.78 is 5.16. The van der Waals surface area contributed by atoms with Crippen LogP contribution in [0.4, 0.5) is 0 Å². The molecule has 0 saturated carbocycles. The SMILES string of the molecule is CCOC(=O)[C@H]1CCC[NH+](CC(=O)NC(c2ccccc2)c2ccccc2)C1. The highest BCUT2D eigenvalue weighted by Crippen LogP contribution is 2.21. The van der Waals surface area contributed by atoms with Crippen molar-refractivity contribution in [2.24, 2.45) is 5.92 Å². The van der Waals surface area contributed by atoms with Crippen LogP contribution in [0.2, 0.25) is 0 Å². The van der Waals surface area contributed by atoms with Gasteiger partial charge in [0.15, 0.2) is 6.54 Å². The van der Waals surface area contributed by atoms with Gasteiger partial charge in [0.05, 0.1) is 25.7 Å². The highest BCUT2D eigenvalue weighted by atomic mass is 16.5. The molecule has 3 rings (SSSR count). The van der Waals surface area contributed by atoms with E-state index in [0.29, 0.717) is 19.7 Å². The largest absolute Gasteiger partial charge is 0.466 e. The Morgan fingerprint density at radius 1 is 1.07 bits per heavy atom. The van der Waals surface area contributed by atoms with Crippen molar-refractivity contribution in [2.45, 2.75) is 25.8 Å². The quantitative estimate of drug-likeness (QED) is 0.719. The first kappa shape index (κ1) is 20.1. The van der Waals surface area contributed by atoms with Gasteiger partial charge in [-0.25, -0.2) is 0 Å². The van der Waals surface area contributed by atoms with Gasteiger partial charge in [-0.05, 0) is 30.9 Å². The molecule has 5 heteroatoms. The van der Waals surface area contributed by atoms with E-state index in [1.807, 2.05) is 67.6 Å². The van der Waals surface area contributed by atoms with E-state index in [-0.39, 0.29) is 23.8 Å². The lowest BCUT2D eigenvalue weighted by Crippen LogP contribution is -3.14. The lowest BCUT2D eigenvalue weighted by molar-refractivity contribution is -0.899. The first-order valence-corrected chi connectivity index (χ1v) is 10.1. The monoisotopic (exact) mass is 381 g/mol. The van der Waals surface area contributed by atoms with E-state index < -0.39 is 0 Å². The Bertz CT molecular complexity index is 724. The number of ether oxygens (including phenoxy) is 1. The maximum Gasteiger partial charge on any atom is 0.314 e. The fourth-order valence-electron chi connectivity index (χ4n) is 3.86. The maximum absolute atomic E-state index is 12.8. The molecule has 5 nitrogen and oxygen atoms in total. The van der Waals surface area contributed by atoms with Gasteiger partial charge in [0.1, 0.15) is 5.92 Å². The van der Waals surface area contributed by atoms with E-state index in [4.69, 9.17) is 4.74 Å². The third-order valence-corrected chi connectivity index (χ3v) is 5.22. The number of likely N-dealkylation sites (tertiary alicyclic amines) is 1. The van der Waals surface area contributed by atoms with Crippen molar-refractivity contribution < 1.29 is 19.2 Å². The number of hydrogen-bond acceptors (Lipinski definition) is 3. The van der Waals surface area contributed by atoms with E-state index in [1.54, 1.807) is 0 Å². The summed E-state index contributed by atoms with van der Waals surface area (Å²) in [7, 11) is 0. The molecule has 2 aromatic carbocycles. The summed E-state index contributed by atoms with van der Waals surface area (Å²) in [6.07, 6.45) is 1.79. The predicted molar refractivity (Wildman–Crippen MR) is 108 cm³/mol. The fraction of sp³-hybridized carbons (Fsp3) is 0.391. The van der Waals surface area contributed by atoms with Crippen LogP contribution in [-0.4, -0.2) is 38.1 Å². The molecule has 1 aliphatic heterocycles. The second kappa shape index (κ2) is 10.0. The van der Waals surface area contributed by atoms with E-state index in [0.717, 1.165) is 35.4 Å². The molecule has 28 heavy (non-hydrogen) atoms. The maximum atomic E-state index is 12.8. The number of benzene rings is 2. The first-order chi connectivity index (χ1) is 13.7. The molecule has 1 saturated heterocycles. The summed E-state index contributed by atoms with van der Waals surface area (Å²) in [5.41, 5.74) is 2.11. The second-order valence-electron chi connectivity index (χ2n) is 7.29. The van der Waals surface area contributed by atoms with E-state index >= 15 is 0 Å². The predicted octanol–water partition coefficient (Wildman–Crippen LogP) is 1.75. The Morgan fingerprint density at radius 3 is 2.25 bits per heavy atom.